The van der Waals surface area contributed by atoms with Crippen LogP contribution in [0.25, 0.3) is 16.8 Å². The first-order valence-corrected chi connectivity index (χ1v) is 11.7. The number of methoxy groups -OCH3 is 1. The van der Waals surface area contributed by atoms with Gasteiger partial charge >= 0.3 is 0 Å². The zero-order valence-corrected chi connectivity index (χ0v) is 20.0. The van der Waals surface area contributed by atoms with Gasteiger partial charge in [0, 0.05) is 6.54 Å². The molecule has 6 heteroatoms. The molecule has 3 aromatic carbocycles. The first-order valence-electron chi connectivity index (χ1n) is 10.5. The summed E-state index contributed by atoms with van der Waals surface area (Å²) in [5, 5.41) is 2.36. The fourth-order valence-corrected chi connectivity index (χ4v) is 4.92. The molecule has 1 saturated heterocycles. The number of benzene rings is 3. The van der Waals surface area contributed by atoms with Gasteiger partial charge in [-0.15, -0.1) is 0 Å². The van der Waals surface area contributed by atoms with Gasteiger partial charge in [-0.2, -0.15) is 0 Å². The molecule has 0 aromatic heterocycles. The summed E-state index contributed by atoms with van der Waals surface area (Å²) in [4.78, 5) is 15.0. The van der Waals surface area contributed by atoms with Gasteiger partial charge in [0.25, 0.3) is 5.91 Å². The zero-order valence-electron chi connectivity index (χ0n) is 18.3. The molecule has 0 aliphatic carbocycles. The second kappa shape index (κ2) is 9.76. The molecule has 4 rings (SSSR count). The number of ether oxygens (including phenoxy) is 2. The van der Waals surface area contributed by atoms with Crippen LogP contribution in [0, 0.1) is 5.92 Å². The fourth-order valence-electron chi connectivity index (χ4n) is 3.64. The van der Waals surface area contributed by atoms with Crippen molar-refractivity contribution in [2.24, 2.45) is 5.92 Å². The van der Waals surface area contributed by atoms with Crippen molar-refractivity contribution in [2.75, 3.05) is 13.7 Å². The Balaban J connectivity index is 1.53. The van der Waals surface area contributed by atoms with E-state index >= 15 is 0 Å². The summed E-state index contributed by atoms with van der Waals surface area (Å²) in [6.45, 7) is 5.21. The average molecular weight is 464 g/mol. The molecule has 1 amide bonds. The second-order valence-corrected chi connectivity index (χ2v) is 9.70. The molecule has 0 N–H and O–H groups in total. The molecule has 1 fully saturated rings. The minimum Gasteiger partial charge on any atom is -0.493 e. The van der Waals surface area contributed by atoms with E-state index in [2.05, 4.69) is 38.1 Å². The Morgan fingerprint density at radius 1 is 1.06 bits per heavy atom. The molecular weight excluding hydrogens is 438 g/mol. The third-order valence-corrected chi connectivity index (χ3v) is 6.55. The van der Waals surface area contributed by atoms with Gasteiger partial charge in [0.15, 0.2) is 11.5 Å². The number of rotatable bonds is 7. The lowest BCUT2D eigenvalue weighted by Gasteiger charge is -2.16. The number of hydrogen-bond acceptors (Lipinski definition) is 5. The number of fused-ring (bicyclic) bond motifs is 1. The number of hydrogen-bond donors (Lipinski definition) is 0. The van der Waals surface area contributed by atoms with Crippen LogP contribution in [0.2, 0.25) is 0 Å². The van der Waals surface area contributed by atoms with Gasteiger partial charge < -0.3 is 9.47 Å². The van der Waals surface area contributed by atoms with E-state index in [-0.39, 0.29) is 5.91 Å². The van der Waals surface area contributed by atoms with Crippen LogP contribution in [0.1, 0.15) is 25.0 Å². The van der Waals surface area contributed by atoms with Crippen LogP contribution < -0.4 is 9.47 Å². The van der Waals surface area contributed by atoms with Crippen LogP contribution in [0.15, 0.2) is 65.6 Å². The smallest absolute Gasteiger partial charge is 0.266 e. The van der Waals surface area contributed by atoms with Gasteiger partial charge in [0.05, 0.1) is 12.0 Å². The molecule has 1 aliphatic rings. The molecule has 164 valence electrons. The first kappa shape index (κ1) is 22.4. The van der Waals surface area contributed by atoms with E-state index < -0.39 is 0 Å². The van der Waals surface area contributed by atoms with E-state index in [0.29, 0.717) is 39.8 Å². The van der Waals surface area contributed by atoms with Crippen molar-refractivity contribution in [3.63, 3.8) is 0 Å². The first-order chi connectivity index (χ1) is 15.5. The van der Waals surface area contributed by atoms with Gasteiger partial charge in [-0.25, -0.2) is 0 Å². The van der Waals surface area contributed by atoms with Gasteiger partial charge in [-0.3, -0.25) is 9.69 Å². The largest absolute Gasteiger partial charge is 0.493 e. The van der Waals surface area contributed by atoms with Crippen molar-refractivity contribution in [1.82, 2.24) is 4.90 Å². The van der Waals surface area contributed by atoms with E-state index in [1.165, 1.54) is 22.5 Å². The Morgan fingerprint density at radius 2 is 1.84 bits per heavy atom. The normalized spacial score (nSPS) is 15.2. The van der Waals surface area contributed by atoms with Gasteiger partial charge in [-0.05, 0) is 46.0 Å². The summed E-state index contributed by atoms with van der Waals surface area (Å²) < 4.78 is 12.3. The van der Waals surface area contributed by atoms with Gasteiger partial charge in [0.2, 0.25) is 0 Å². The van der Waals surface area contributed by atoms with E-state index in [4.69, 9.17) is 21.7 Å². The molecule has 3 aromatic rings. The van der Waals surface area contributed by atoms with Crippen LogP contribution in [0.4, 0.5) is 0 Å². The van der Waals surface area contributed by atoms with Crippen molar-refractivity contribution in [1.29, 1.82) is 0 Å². The van der Waals surface area contributed by atoms with E-state index in [1.54, 1.807) is 12.0 Å². The third-order valence-electron chi connectivity index (χ3n) is 5.17. The quantitative estimate of drug-likeness (QED) is 0.304. The summed E-state index contributed by atoms with van der Waals surface area (Å²) in [5.74, 6) is 1.60. The summed E-state index contributed by atoms with van der Waals surface area (Å²) in [6.07, 6.45) is 1.86. The highest BCUT2D eigenvalue weighted by Crippen LogP contribution is 2.35. The minimum absolute atomic E-state index is 0.0380. The number of nitrogens with zero attached hydrogens (tertiary/aromatic N) is 1. The number of thiocarbonyl (C=S) groups is 1. The van der Waals surface area contributed by atoms with Crippen LogP contribution in [-0.4, -0.2) is 28.8 Å². The Hall–Kier alpha value is -2.83. The predicted molar refractivity (Wildman–Crippen MR) is 136 cm³/mol. The van der Waals surface area contributed by atoms with Crippen molar-refractivity contribution in [2.45, 2.75) is 20.5 Å². The minimum atomic E-state index is -0.0380. The maximum atomic E-state index is 12.7. The molecule has 0 radical (unpaired) electrons. The Bertz CT molecular complexity index is 1200. The Morgan fingerprint density at radius 3 is 2.62 bits per heavy atom. The standard InChI is InChI=1S/C26H25NO3S2/c1-17(2)15-27-25(28)24(32-26(27)31)14-18-11-12-22(23(13-18)29-3)30-16-20-9-6-8-19-7-4-5-10-21(19)20/h4-14,17H,15-16H2,1-3H3/b24-14-. The molecule has 4 nitrogen and oxygen atoms in total. The van der Waals surface area contributed by atoms with Crippen LogP contribution >= 0.6 is 24.0 Å². The van der Waals surface area contributed by atoms with Gasteiger partial charge in [-0.1, -0.05) is 86.4 Å². The maximum Gasteiger partial charge on any atom is 0.266 e. The summed E-state index contributed by atoms with van der Waals surface area (Å²) in [5.41, 5.74) is 1.98. The number of thioether (sulfide) groups is 1. The van der Waals surface area contributed by atoms with Crippen molar-refractivity contribution >= 4 is 51.1 Å². The van der Waals surface area contributed by atoms with E-state index in [1.807, 2.05) is 42.5 Å². The predicted octanol–water partition coefficient (Wildman–Crippen LogP) is 6.28. The molecule has 0 saturated carbocycles. The monoisotopic (exact) mass is 463 g/mol. The lowest BCUT2D eigenvalue weighted by Crippen LogP contribution is -2.31. The zero-order chi connectivity index (χ0) is 22.7. The van der Waals surface area contributed by atoms with E-state index in [9.17, 15) is 4.79 Å². The Labute approximate surface area is 198 Å². The highest BCUT2D eigenvalue weighted by Gasteiger charge is 2.32. The lowest BCUT2D eigenvalue weighted by atomic mass is 10.1. The number of carbonyl (C=O) groups excluding carboxylic acids is 1. The molecule has 1 heterocycles. The fraction of sp³-hybridized carbons (Fsp3) is 0.231. The molecule has 0 spiro atoms. The SMILES string of the molecule is COc1cc(/C=C2\SC(=S)N(CC(C)C)C2=O)ccc1OCc1cccc2ccccc12. The number of amides is 1. The van der Waals surface area contributed by atoms with Crippen molar-refractivity contribution in [3.05, 3.63) is 76.7 Å². The van der Waals surface area contributed by atoms with Crippen LogP contribution in [0.5, 0.6) is 11.5 Å². The average Bonchev–Trinajstić information content (AvgIpc) is 3.05. The van der Waals surface area contributed by atoms with Crippen LogP contribution in [-0.2, 0) is 11.4 Å². The summed E-state index contributed by atoms with van der Waals surface area (Å²) in [7, 11) is 1.62. The van der Waals surface area contributed by atoms with Crippen molar-refractivity contribution < 1.29 is 14.3 Å². The van der Waals surface area contributed by atoms with Crippen LogP contribution in [0.3, 0.4) is 0 Å². The molecular formula is C26H25NO3S2. The molecule has 32 heavy (non-hydrogen) atoms. The molecule has 1 aliphatic heterocycles. The lowest BCUT2D eigenvalue weighted by molar-refractivity contribution is -0.122. The highest BCUT2D eigenvalue weighted by molar-refractivity contribution is 8.26. The molecule has 0 bridgehead atoms. The third kappa shape index (κ3) is 4.81. The van der Waals surface area contributed by atoms with Gasteiger partial charge in [0.1, 0.15) is 10.9 Å². The topological polar surface area (TPSA) is 38.8 Å². The van der Waals surface area contributed by atoms with E-state index in [0.717, 1.165) is 11.1 Å². The molecule has 0 atom stereocenters. The maximum absolute atomic E-state index is 12.7. The summed E-state index contributed by atoms with van der Waals surface area (Å²) in [6, 6.07) is 20.2. The molecule has 0 unspecified atom stereocenters. The summed E-state index contributed by atoms with van der Waals surface area (Å²) >= 11 is 6.74. The van der Waals surface area contributed by atoms with Crippen molar-refractivity contribution in [3.8, 4) is 11.5 Å². The second-order valence-electron chi connectivity index (χ2n) is 8.02. The Kier molecular flexibility index (Phi) is 6.82. The number of carbonyl (C=O) groups is 1. The highest BCUT2D eigenvalue weighted by atomic mass is 32.2.